The Kier molecular flexibility index (Phi) is 9.96. The first kappa shape index (κ1) is 29.0. The van der Waals surface area contributed by atoms with Gasteiger partial charge < -0.3 is 10.1 Å². The number of benzene rings is 3. The molecule has 14 heteroatoms. The number of aromatic nitrogens is 2. The maximum Gasteiger partial charge on any atom is 0.247 e. The van der Waals surface area contributed by atoms with Crippen molar-refractivity contribution in [3.63, 3.8) is 0 Å². The molecule has 0 aliphatic carbocycles. The second-order valence-corrected chi connectivity index (χ2v) is 10.1. The lowest BCUT2D eigenvalue weighted by molar-refractivity contribution is 0.417. The Morgan fingerprint density at radius 2 is 1.28 bits per heavy atom. The lowest BCUT2D eigenvalue weighted by Gasteiger charge is -2.12. The van der Waals surface area contributed by atoms with Crippen molar-refractivity contribution in [2.45, 2.75) is 0 Å². The second kappa shape index (κ2) is 13.4. The summed E-state index contributed by atoms with van der Waals surface area (Å²) in [7, 11) is 1.57. The van der Waals surface area contributed by atoms with E-state index >= 15 is 0 Å². The minimum absolute atomic E-state index is 0.136. The van der Waals surface area contributed by atoms with Crippen LogP contribution >= 0.6 is 69.6 Å². The minimum Gasteiger partial charge on any atom is -0.495 e. The predicted octanol–water partition coefficient (Wildman–Crippen LogP) is 9.04. The van der Waals surface area contributed by atoms with Crippen molar-refractivity contribution in [2.75, 3.05) is 23.3 Å². The van der Waals surface area contributed by atoms with Gasteiger partial charge in [0.2, 0.25) is 5.95 Å². The molecule has 0 saturated carbocycles. The van der Waals surface area contributed by atoms with E-state index in [2.05, 4.69) is 36.3 Å². The highest BCUT2D eigenvalue weighted by Gasteiger charge is 2.09. The van der Waals surface area contributed by atoms with Gasteiger partial charge in [-0.3, -0.25) is 5.43 Å². The lowest BCUT2D eigenvalue weighted by atomic mass is 10.2. The molecule has 3 aromatic carbocycles. The first-order valence-electron chi connectivity index (χ1n) is 10.9. The van der Waals surface area contributed by atoms with Crippen molar-refractivity contribution >= 4 is 105 Å². The maximum atomic E-state index is 6.25. The summed E-state index contributed by atoms with van der Waals surface area (Å²) in [5.41, 5.74) is 7.32. The van der Waals surface area contributed by atoms with E-state index in [0.717, 1.165) is 0 Å². The molecule has 0 bridgehead atoms. The number of hydrazone groups is 2. The van der Waals surface area contributed by atoms with E-state index in [9.17, 15) is 0 Å². The third-order valence-corrected chi connectivity index (χ3v) is 6.96. The number of nitrogens with zero attached hydrogens (tertiary/aromatic N) is 4. The molecule has 0 spiro atoms. The molecule has 0 aliphatic rings. The standard InChI is InChI=1S/C25H17Cl6N7O/c1-39-20-5-3-2-4-19(20)34-21-10-22(37-32-11-13-6-15(26)8-17(28)23(13)30)36-25(35-21)38-33-12-14-7-16(27)9-18(29)24(14)31/h2-12H,1H3,(H3,34,35,36,37,38). The Morgan fingerprint density at radius 1 is 0.718 bits per heavy atom. The van der Waals surface area contributed by atoms with Gasteiger partial charge in [-0.1, -0.05) is 81.7 Å². The summed E-state index contributed by atoms with van der Waals surface area (Å²) in [6.45, 7) is 0. The molecule has 39 heavy (non-hydrogen) atoms. The molecule has 0 aliphatic heterocycles. The monoisotopic (exact) mass is 641 g/mol. The van der Waals surface area contributed by atoms with Crippen LogP contribution in [-0.2, 0) is 0 Å². The predicted molar refractivity (Wildman–Crippen MR) is 164 cm³/mol. The molecule has 4 rings (SSSR count). The normalized spacial score (nSPS) is 11.3. The molecule has 1 aromatic heterocycles. The van der Waals surface area contributed by atoms with Crippen molar-refractivity contribution in [2.24, 2.45) is 10.2 Å². The Labute approximate surface area is 253 Å². The van der Waals surface area contributed by atoms with Gasteiger partial charge in [0, 0.05) is 27.2 Å². The van der Waals surface area contributed by atoms with Gasteiger partial charge in [-0.2, -0.15) is 20.2 Å². The van der Waals surface area contributed by atoms with Crippen LogP contribution < -0.4 is 20.9 Å². The molecule has 1 heterocycles. The smallest absolute Gasteiger partial charge is 0.247 e. The molecule has 0 atom stereocenters. The van der Waals surface area contributed by atoms with Gasteiger partial charge in [0.25, 0.3) is 0 Å². The fourth-order valence-electron chi connectivity index (χ4n) is 3.17. The van der Waals surface area contributed by atoms with Gasteiger partial charge in [0.1, 0.15) is 11.6 Å². The van der Waals surface area contributed by atoms with E-state index in [-0.39, 0.29) is 5.95 Å². The minimum atomic E-state index is 0.136. The SMILES string of the molecule is COc1ccccc1Nc1cc(NN=Cc2cc(Cl)cc(Cl)c2Cl)nc(NN=Cc2cc(Cl)cc(Cl)c2Cl)n1. The van der Waals surface area contributed by atoms with E-state index in [1.165, 1.54) is 18.5 Å². The Morgan fingerprint density at radius 3 is 1.90 bits per heavy atom. The number of halogens is 6. The van der Waals surface area contributed by atoms with Crippen LogP contribution in [0.1, 0.15) is 11.1 Å². The zero-order valence-electron chi connectivity index (χ0n) is 19.8. The van der Waals surface area contributed by atoms with E-state index < -0.39 is 0 Å². The molecule has 3 N–H and O–H groups in total. The highest BCUT2D eigenvalue weighted by molar-refractivity contribution is 6.45. The average Bonchev–Trinajstić information content (AvgIpc) is 2.90. The Bertz CT molecular complexity index is 1480. The summed E-state index contributed by atoms with van der Waals surface area (Å²) in [6, 6.07) is 15.3. The average molecular weight is 644 g/mol. The quantitative estimate of drug-likeness (QED) is 0.0957. The second-order valence-electron chi connectivity index (χ2n) is 7.61. The molecular formula is C25H17Cl6N7O. The molecule has 0 saturated heterocycles. The van der Waals surface area contributed by atoms with E-state index in [1.54, 1.807) is 31.4 Å². The van der Waals surface area contributed by atoms with Crippen LogP contribution in [0, 0.1) is 0 Å². The van der Waals surface area contributed by atoms with Crippen molar-refractivity contribution in [1.29, 1.82) is 0 Å². The fourth-order valence-corrected chi connectivity index (χ4v) is 4.51. The molecule has 200 valence electrons. The van der Waals surface area contributed by atoms with Gasteiger partial charge in [-0.05, 0) is 36.4 Å². The van der Waals surface area contributed by atoms with Crippen LogP contribution in [0.3, 0.4) is 0 Å². The third-order valence-electron chi connectivity index (χ3n) is 4.89. The van der Waals surface area contributed by atoms with Gasteiger partial charge in [0.05, 0.1) is 45.3 Å². The largest absolute Gasteiger partial charge is 0.495 e. The molecule has 0 fully saturated rings. The van der Waals surface area contributed by atoms with Crippen molar-refractivity contribution in [3.8, 4) is 5.75 Å². The molecule has 0 unspecified atom stereocenters. The number of ether oxygens (including phenoxy) is 1. The van der Waals surface area contributed by atoms with E-state index in [4.69, 9.17) is 74.3 Å². The van der Waals surface area contributed by atoms with E-state index in [0.29, 0.717) is 64.3 Å². The molecule has 0 radical (unpaired) electrons. The van der Waals surface area contributed by atoms with E-state index in [1.807, 2.05) is 24.3 Å². The summed E-state index contributed by atoms with van der Waals surface area (Å²) in [5.74, 6) is 1.50. The summed E-state index contributed by atoms with van der Waals surface area (Å²) in [4.78, 5) is 8.85. The van der Waals surface area contributed by atoms with Crippen molar-refractivity contribution in [3.05, 3.63) is 95.9 Å². The first-order valence-corrected chi connectivity index (χ1v) is 13.2. The highest BCUT2D eigenvalue weighted by atomic mass is 35.5. The molecule has 0 amide bonds. The third kappa shape index (κ3) is 7.79. The van der Waals surface area contributed by atoms with Crippen molar-refractivity contribution < 1.29 is 4.74 Å². The van der Waals surface area contributed by atoms with Crippen molar-refractivity contribution in [1.82, 2.24) is 9.97 Å². The number of methoxy groups -OCH3 is 1. The summed E-state index contributed by atoms with van der Waals surface area (Å²) >= 11 is 36.8. The van der Waals surface area contributed by atoms with Crippen LogP contribution in [0.2, 0.25) is 30.1 Å². The number of nitrogens with one attached hydrogen (secondary N) is 3. The van der Waals surface area contributed by atoms with Crippen LogP contribution in [0.5, 0.6) is 5.75 Å². The first-order chi connectivity index (χ1) is 18.7. The van der Waals surface area contributed by atoms with Crippen LogP contribution in [0.25, 0.3) is 0 Å². The Balaban J connectivity index is 1.62. The zero-order chi connectivity index (χ0) is 27.9. The van der Waals surface area contributed by atoms with Gasteiger partial charge in [-0.25, -0.2) is 5.43 Å². The maximum absolute atomic E-state index is 6.25. The summed E-state index contributed by atoms with van der Waals surface area (Å²) < 4.78 is 5.41. The highest BCUT2D eigenvalue weighted by Crippen LogP contribution is 2.30. The number of hydrogen-bond acceptors (Lipinski definition) is 8. The fraction of sp³-hybridized carbons (Fsp3) is 0.0400. The number of rotatable bonds is 9. The van der Waals surface area contributed by atoms with Crippen LogP contribution in [0.4, 0.5) is 23.3 Å². The molecule has 4 aromatic rings. The van der Waals surface area contributed by atoms with Gasteiger partial charge >= 0.3 is 0 Å². The topological polar surface area (TPSA) is 95.8 Å². The summed E-state index contributed by atoms with van der Waals surface area (Å²) in [6.07, 6.45) is 2.91. The molecular weight excluding hydrogens is 627 g/mol. The van der Waals surface area contributed by atoms with Crippen LogP contribution in [0.15, 0.2) is 64.8 Å². The number of hydrogen-bond donors (Lipinski definition) is 3. The number of para-hydroxylation sites is 2. The summed E-state index contributed by atoms with van der Waals surface area (Å²) in [5, 5.41) is 13.6. The van der Waals surface area contributed by atoms with Gasteiger partial charge in [-0.15, -0.1) is 0 Å². The Hall–Kier alpha value is -2.98. The number of anilines is 4. The van der Waals surface area contributed by atoms with Gasteiger partial charge in [0.15, 0.2) is 5.82 Å². The lowest BCUT2D eigenvalue weighted by Crippen LogP contribution is -2.05. The molecule has 8 nitrogen and oxygen atoms in total. The van der Waals surface area contributed by atoms with Crippen LogP contribution in [-0.4, -0.2) is 29.5 Å². The zero-order valence-corrected chi connectivity index (χ0v) is 24.4.